The summed E-state index contributed by atoms with van der Waals surface area (Å²) in [5, 5.41) is 0. The summed E-state index contributed by atoms with van der Waals surface area (Å²) in [4.78, 5) is 0. The maximum Gasteiger partial charge on any atom is -0.0106 e. The van der Waals surface area contributed by atoms with Crippen molar-refractivity contribution in [3.05, 3.63) is 35.4 Å². The molecule has 0 heterocycles. The van der Waals surface area contributed by atoms with Gasteiger partial charge in [0.15, 0.2) is 0 Å². The minimum atomic E-state index is 0.324. The van der Waals surface area contributed by atoms with E-state index in [9.17, 15) is 0 Å². The fraction of sp³-hybridized carbons (Fsp3) is 0.647. The highest BCUT2D eigenvalue weighted by atomic mass is 14.2. The van der Waals surface area contributed by atoms with E-state index in [-0.39, 0.29) is 0 Å². The largest absolute Gasteiger partial charge is 0.0646 e. The lowest BCUT2D eigenvalue weighted by Gasteiger charge is -2.26. The molecule has 1 aliphatic rings. The minimum absolute atomic E-state index is 0.324. The van der Waals surface area contributed by atoms with Gasteiger partial charge in [-0.3, -0.25) is 0 Å². The van der Waals surface area contributed by atoms with E-state index in [0.717, 1.165) is 5.92 Å². The van der Waals surface area contributed by atoms with Gasteiger partial charge in [0.1, 0.15) is 0 Å². The summed E-state index contributed by atoms with van der Waals surface area (Å²) in [6, 6.07) is 9.46. The molecular formula is C17H26. The third-order valence-corrected chi connectivity index (χ3v) is 4.65. The van der Waals surface area contributed by atoms with Crippen LogP contribution in [-0.2, 0) is 5.41 Å². The number of benzene rings is 1. The quantitative estimate of drug-likeness (QED) is 0.650. The van der Waals surface area contributed by atoms with E-state index < -0.39 is 0 Å². The van der Waals surface area contributed by atoms with Gasteiger partial charge >= 0.3 is 0 Å². The van der Waals surface area contributed by atoms with Crippen molar-refractivity contribution in [1.29, 1.82) is 0 Å². The lowest BCUT2D eigenvalue weighted by molar-refractivity contribution is 0.443. The minimum Gasteiger partial charge on any atom is -0.0646 e. The number of hydrogen-bond donors (Lipinski definition) is 0. The van der Waals surface area contributed by atoms with Gasteiger partial charge in [-0.15, -0.1) is 0 Å². The van der Waals surface area contributed by atoms with Gasteiger partial charge in [-0.05, 0) is 41.7 Å². The van der Waals surface area contributed by atoms with E-state index in [0.29, 0.717) is 5.41 Å². The first-order valence-electron chi connectivity index (χ1n) is 7.24. The van der Waals surface area contributed by atoms with Crippen LogP contribution in [0.25, 0.3) is 0 Å². The molecule has 1 fully saturated rings. The molecule has 0 unspecified atom stereocenters. The van der Waals surface area contributed by atoms with E-state index in [1.54, 1.807) is 5.56 Å². The summed E-state index contributed by atoms with van der Waals surface area (Å²) >= 11 is 0. The van der Waals surface area contributed by atoms with Crippen LogP contribution >= 0.6 is 0 Å². The molecule has 0 radical (unpaired) electrons. The van der Waals surface area contributed by atoms with Crippen LogP contribution in [0.2, 0.25) is 0 Å². The molecule has 0 amide bonds. The normalized spacial score (nSPS) is 18.3. The van der Waals surface area contributed by atoms with Crippen LogP contribution in [0.5, 0.6) is 0 Å². The lowest BCUT2D eigenvalue weighted by Crippen LogP contribution is -2.15. The van der Waals surface area contributed by atoms with E-state index in [4.69, 9.17) is 0 Å². The molecule has 1 saturated carbocycles. The van der Waals surface area contributed by atoms with Crippen molar-refractivity contribution >= 4 is 0 Å². The van der Waals surface area contributed by atoms with Crippen molar-refractivity contribution in [2.45, 2.75) is 70.6 Å². The first-order valence-corrected chi connectivity index (χ1v) is 7.24. The molecule has 1 aromatic rings. The monoisotopic (exact) mass is 230 g/mol. The van der Waals surface area contributed by atoms with Crippen molar-refractivity contribution in [2.75, 3.05) is 0 Å². The molecule has 0 atom stereocenters. The molecule has 1 aromatic carbocycles. The standard InChI is InChI=1S/C17H26/c1-4-17(2,3)16-12-10-15(11-13-16)14-8-6-5-7-9-14/h10-14H,4-9H2,1-3H3. The second kappa shape index (κ2) is 5.25. The number of rotatable bonds is 3. The summed E-state index contributed by atoms with van der Waals surface area (Å²) in [5.41, 5.74) is 3.38. The highest BCUT2D eigenvalue weighted by molar-refractivity contribution is 5.30. The molecule has 0 aromatic heterocycles. The zero-order chi connectivity index (χ0) is 12.3. The molecular weight excluding hydrogens is 204 g/mol. The maximum atomic E-state index is 2.38. The van der Waals surface area contributed by atoms with Crippen molar-refractivity contribution < 1.29 is 0 Å². The first-order chi connectivity index (χ1) is 8.13. The SMILES string of the molecule is CCC(C)(C)c1ccc(C2CCCCC2)cc1. The van der Waals surface area contributed by atoms with Gasteiger partial charge in [0.05, 0.1) is 0 Å². The number of hydrogen-bond acceptors (Lipinski definition) is 0. The van der Waals surface area contributed by atoms with Gasteiger partial charge in [-0.2, -0.15) is 0 Å². The molecule has 1 aliphatic carbocycles. The Bertz CT molecular complexity index is 339. The van der Waals surface area contributed by atoms with Gasteiger partial charge in [-0.25, -0.2) is 0 Å². The van der Waals surface area contributed by atoms with E-state index >= 15 is 0 Å². The molecule has 0 nitrogen and oxygen atoms in total. The van der Waals surface area contributed by atoms with Crippen molar-refractivity contribution in [3.8, 4) is 0 Å². The Balaban J connectivity index is 2.12. The average Bonchev–Trinajstić information content (AvgIpc) is 2.40. The molecule has 0 saturated heterocycles. The van der Waals surface area contributed by atoms with Gasteiger partial charge in [-0.1, -0.05) is 64.3 Å². The van der Waals surface area contributed by atoms with Gasteiger partial charge in [0.25, 0.3) is 0 Å². The van der Waals surface area contributed by atoms with Crippen molar-refractivity contribution in [2.24, 2.45) is 0 Å². The van der Waals surface area contributed by atoms with Crippen LogP contribution in [0.1, 0.15) is 76.3 Å². The van der Waals surface area contributed by atoms with Gasteiger partial charge in [0, 0.05) is 0 Å². The van der Waals surface area contributed by atoms with Crippen LogP contribution in [0.15, 0.2) is 24.3 Å². The highest BCUT2D eigenvalue weighted by Gasteiger charge is 2.19. The van der Waals surface area contributed by atoms with Crippen LogP contribution in [0.3, 0.4) is 0 Å². The van der Waals surface area contributed by atoms with E-state index in [2.05, 4.69) is 45.0 Å². The first kappa shape index (κ1) is 12.7. The molecule has 0 N–H and O–H groups in total. The van der Waals surface area contributed by atoms with Gasteiger partial charge < -0.3 is 0 Å². The molecule has 0 aliphatic heterocycles. The Morgan fingerprint density at radius 3 is 2.12 bits per heavy atom. The summed E-state index contributed by atoms with van der Waals surface area (Å²) in [5.74, 6) is 0.836. The molecule has 0 spiro atoms. The van der Waals surface area contributed by atoms with Crippen molar-refractivity contribution in [3.63, 3.8) is 0 Å². The Kier molecular flexibility index (Phi) is 3.91. The molecule has 0 heteroatoms. The van der Waals surface area contributed by atoms with E-state index in [1.165, 1.54) is 44.1 Å². The van der Waals surface area contributed by atoms with E-state index in [1.807, 2.05) is 0 Å². The fourth-order valence-electron chi connectivity index (χ4n) is 2.85. The predicted molar refractivity (Wildman–Crippen MR) is 75.6 cm³/mol. The molecule has 94 valence electrons. The van der Waals surface area contributed by atoms with Crippen LogP contribution in [0, 0.1) is 0 Å². The molecule has 0 bridgehead atoms. The third-order valence-electron chi connectivity index (χ3n) is 4.65. The smallest absolute Gasteiger partial charge is 0.0106 e. The third kappa shape index (κ3) is 2.91. The topological polar surface area (TPSA) is 0 Å². The second-order valence-corrected chi connectivity index (χ2v) is 6.19. The molecule has 17 heavy (non-hydrogen) atoms. The second-order valence-electron chi connectivity index (χ2n) is 6.19. The highest BCUT2D eigenvalue weighted by Crippen LogP contribution is 2.34. The Hall–Kier alpha value is -0.780. The summed E-state index contributed by atoms with van der Waals surface area (Å²) < 4.78 is 0. The Labute approximate surface area is 106 Å². The Morgan fingerprint density at radius 1 is 1.00 bits per heavy atom. The van der Waals surface area contributed by atoms with Crippen molar-refractivity contribution in [1.82, 2.24) is 0 Å². The average molecular weight is 230 g/mol. The lowest BCUT2D eigenvalue weighted by atomic mass is 9.79. The van der Waals surface area contributed by atoms with Crippen LogP contribution in [0.4, 0.5) is 0 Å². The van der Waals surface area contributed by atoms with Crippen LogP contribution in [-0.4, -0.2) is 0 Å². The fourth-order valence-corrected chi connectivity index (χ4v) is 2.85. The summed E-state index contributed by atoms with van der Waals surface area (Å²) in [6.45, 7) is 6.94. The maximum absolute atomic E-state index is 2.38. The predicted octanol–water partition coefficient (Wildman–Crippen LogP) is 5.42. The van der Waals surface area contributed by atoms with Gasteiger partial charge in [0.2, 0.25) is 0 Å². The van der Waals surface area contributed by atoms with Crippen LogP contribution < -0.4 is 0 Å². The zero-order valence-electron chi connectivity index (χ0n) is 11.6. The molecule has 2 rings (SSSR count). The summed E-state index contributed by atoms with van der Waals surface area (Å²) in [6.07, 6.45) is 8.29. The summed E-state index contributed by atoms with van der Waals surface area (Å²) in [7, 11) is 0. The zero-order valence-corrected chi connectivity index (χ0v) is 11.6. The Morgan fingerprint density at radius 2 is 1.59 bits per heavy atom.